The van der Waals surface area contributed by atoms with Crippen molar-refractivity contribution in [2.45, 2.75) is 25.3 Å². The maximum Gasteiger partial charge on any atom is 0.142 e. The number of rotatable bonds is 3. The second kappa shape index (κ2) is 5.65. The minimum absolute atomic E-state index is 0.478. The van der Waals surface area contributed by atoms with Crippen molar-refractivity contribution in [3.8, 4) is 6.07 Å². The fourth-order valence-corrected chi connectivity index (χ4v) is 2.23. The summed E-state index contributed by atoms with van der Waals surface area (Å²) in [5, 5.41) is 12.3. The topological polar surface area (TPSA) is 52.0 Å². The normalized spacial score (nSPS) is 19.6. The molecular formula is C13H18N4. The molecule has 0 aliphatic carbocycles. The van der Waals surface area contributed by atoms with E-state index in [1.807, 2.05) is 12.1 Å². The highest BCUT2D eigenvalue weighted by molar-refractivity contribution is 5.48. The maximum absolute atomic E-state index is 8.82. The Morgan fingerprint density at radius 1 is 1.59 bits per heavy atom. The van der Waals surface area contributed by atoms with E-state index in [2.05, 4.69) is 28.3 Å². The van der Waals surface area contributed by atoms with Crippen LogP contribution in [-0.2, 0) is 0 Å². The maximum atomic E-state index is 8.82. The number of pyridine rings is 1. The lowest BCUT2D eigenvalue weighted by atomic mass is 10.0. The van der Waals surface area contributed by atoms with Crippen molar-refractivity contribution >= 4 is 5.69 Å². The zero-order valence-electron chi connectivity index (χ0n) is 10.2. The summed E-state index contributed by atoms with van der Waals surface area (Å²) in [5.41, 5.74) is 1.54. The van der Waals surface area contributed by atoms with Crippen LogP contribution < -0.4 is 10.2 Å². The van der Waals surface area contributed by atoms with E-state index in [1.165, 1.54) is 19.3 Å². The zero-order chi connectivity index (χ0) is 12.1. The largest absolute Gasteiger partial charge is 0.373 e. The van der Waals surface area contributed by atoms with Crippen LogP contribution >= 0.6 is 0 Å². The molecule has 1 aromatic rings. The van der Waals surface area contributed by atoms with Gasteiger partial charge in [-0.1, -0.05) is 6.42 Å². The van der Waals surface area contributed by atoms with Crippen molar-refractivity contribution in [3.05, 3.63) is 24.0 Å². The van der Waals surface area contributed by atoms with E-state index < -0.39 is 0 Å². The summed E-state index contributed by atoms with van der Waals surface area (Å²) in [6, 6.07) is 6.42. The average molecular weight is 230 g/mol. The van der Waals surface area contributed by atoms with Crippen LogP contribution in [0.15, 0.2) is 18.3 Å². The summed E-state index contributed by atoms with van der Waals surface area (Å²) in [6.07, 6.45) is 5.53. The van der Waals surface area contributed by atoms with E-state index in [0.717, 1.165) is 18.8 Å². The van der Waals surface area contributed by atoms with Gasteiger partial charge in [0.2, 0.25) is 0 Å². The first-order valence-corrected chi connectivity index (χ1v) is 6.10. The number of nitrogens with one attached hydrogen (secondary N) is 1. The summed E-state index contributed by atoms with van der Waals surface area (Å²) in [7, 11) is 2.06. The summed E-state index contributed by atoms with van der Waals surface area (Å²) >= 11 is 0. The predicted octanol–water partition coefficient (Wildman–Crippen LogP) is 1.53. The number of nitriles is 1. The zero-order valence-corrected chi connectivity index (χ0v) is 10.2. The summed E-state index contributed by atoms with van der Waals surface area (Å²) in [4.78, 5) is 6.17. The van der Waals surface area contributed by atoms with Gasteiger partial charge in [0.15, 0.2) is 0 Å². The van der Waals surface area contributed by atoms with Gasteiger partial charge in [-0.2, -0.15) is 5.26 Å². The van der Waals surface area contributed by atoms with Gasteiger partial charge in [-0.25, -0.2) is 4.98 Å². The lowest BCUT2D eigenvalue weighted by Gasteiger charge is -2.29. The van der Waals surface area contributed by atoms with Crippen molar-refractivity contribution in [1.29, 1.82) is 5.26 Å². The molecule has 0 amide bonds. The molecule has 1 aromatic heterocycles. The quantitative estimate of drug-likeness (QED) is 0.855. The molecule has 1 atom stereocenters. The molecule has 0 bridgehead atoms. The molecule has 2 rings (SSSR count). The van der Waals surface area contributed by atoms with Crippen molar-refractivity contribution in [3.63, 3.8) is 0 Å². The number of piperidine rings is 1. The third-order valence-electron chi connectivity index (χ3n) is 3.21. The lowest BCUT2D eigenvalue weighted by molar-refractivity contribution is 0.403. The lowest BCUT2D eigenvalue weighted by Crippen LogP contribution is -2.42. The minimum atomic E-state index is 0.478. The third-order valence-corrected chi connectivity index (χ3v) is 3.21. The number of likely N-dealkylation sites (N-methyl/N-ethyl adjacent to an activating group) is 1. The summed E-state index contributed by atoms with van der Waals surface area (Å²) < 4.78 is 0. The van der Waals surface area contributed by atoms with E-state index >= 15 is 0 Å². The van der Waals surface area contributed by atoms with Gasteiger partial charge in [0, 0.05) is 31.5 Å². The Kier molecular flexibility index (Phi) is 3.94. The molecule has 0 spiro atoms. The molecule has 0 aromatic carbocycles. The average Bonchev–Trinajstić information content (AvgIpc) is 2.40. The Morgan fingerprint density at radius 3 is 3.18 bits per heavy atom. The smallest absolute Gasteiger partial charge is 0.142 e. The van der Waals surface area contributed by atoms with Crippen LogP contribution in [0.3, 0.4) is 0 Å². The highest BCUT2D eigenvalue weighted by atomic mass is 15.1. The fourth-order valence-electron chi connectivity index (χ4n) is 2.23. The molecule has 1 fully saturated rings. The van der Waals surface area contributed by atoms with Crippen LogP contribution in [-0.4, -0.2) is 31.2 Å². The van der Waals surface area contributed by atoms with Gasteiger partial charge in [-0.15, -0.1) is 0 Å². The second-order valence-corrected chi connectivity index (χ2v) is 4.54. The molecule has 1 N–H and O–H groups in total. The van der Waals surface area contributed by atoms with Gasteiger partial charge in [-0.3, -0.25) is 0 Å². The van der Waals surface area contributed by atoms with Crippen molar-refractivity contribution in [1.82, 2.24) is 10.3 Å². The van der Waals surface area contributed by atoms with Crippen LogP contribution in [0.25, 0.3) is 0 Å². The van der Waals surface area contributed by atoms with Gasteiger partial charge in [-0.05, 0) is 31.5 Å². The van der Waals surface area contributed by atoms with Gasteiger partial charge in [0.05, 0.1) is 0 Å². The van der Waals surface area contributed by atoms with Gasteiger partial charge >= 0.3 is 0 Å². The Hall–Kier alpha value is -1.60. The first-order valence-electron chi connectivity index (χ1n) is 6.10. The van der Waals surface area contributed by atoms with E-state index in [9.17, 15) is 0 Å². The molecule has 0 radical (unpaired) electrons. The van der Waals surface area contributed by atoms with E-state index in [4.69, 9.17) is 5.26 Å². The molecule has 1 unspecified atom stereocenters. The molecule has 1 aliphatic rings. The van der Waals surface area contributed by atoms with Gasteiger partial charge < -0.3 is 10.2 Å². The molecule has 2 heterocycles. The fraction of sp³-hybridized carbons (Fsp3) is 0.538. The third kappa shape index (κ3) is 3.18. The Bertz CT molecular complexity index is 404. The molecule has 4 heteroatoms. The van der Waals surface area contributed by atoms with Crippen molar-refractivity contribution < 1.29 is 0 Å². The minimum Gasteiger partial charge on any atom is -0.373 e. The second-order valence-electron chi connectivity index (χ2n) is 4.54. The van der Waals surface area contributed by atoms with Crippen molar-refractivity contribution in [2.24, 2.45) is 0 Å². The molecule has 4 nitrogen and oxygen atoms in total. The van der Waals surface area contributed by atoms with Crippen LogP contribution in [0.4, 0.5) is 5.69 Å². The van der Waals surface area contributed by atoms with Crippen LogP contribution in [0.1, 0.15) is 25.0 Å². The van der Waals surface area contributed by atoms with Crippen molar-refractivity contribution in [2.75, 3.05) is 25.0 Å². The number of anilines is 1. The van der Waals surface area contributed by atoms with Crippen LogP contribution in [0, 0.1) is 11.3 Å². The Morgan fingerprint density at radius 2 is 2.47 bits per heavy atom. The van der Waals surface area contributed by atoms with E-state index in [-0.39, 0.29) is 0 Å². The number of hydrogen-bond donors (Lipinski definition) is 1. The van der Waals surface area contributed by atoms with Gasteiger partial charge in [0.1, 0.15) is 11.8 Å². The molecule has 1 aliphatic heterocycles. The highest BCUT2D eigenvalue weighted by Gasteiger charge is 2.14. The van der Waals surface area contributed by atoms with Gasteiger partial charge in [0.25, 0.3) is 0 Å². The summed E-state index contributed by atoms with van der Waals surface area (Å²) in [5.74, 6) is 0. The number of nitrogens with zero attached hydrogens (tertiary/aromatic N) is 3. The summed E-state index contributed by atoms with van der Waals surface area (Å²) in [6.45, 7) is 2.10. The predicted molar refractivity (Wildman–Crippen MR) is 67.9 cm³/mol. The standard InChI is InChI=1S/C13H18N4/c1-17(10-11-4-2-3-6-15-11)13-5-7-16-12(8-13)9-14/h5,7-8,11,15H,2-4,6,10H2,1H3. The monoisotopic (exact) mass is 230 g/mol. The van der Waals surface area contributed by atoms with E-state index in [1.54, 1.807) is 6.20 Å². The van der Waals surface area contributed by atoms with E-state index in [0.29, 0.717) is 11.7 Å². The first-order chi connectivity index (χ1) is 8.29. The van der Waals surface area contributed by atoms with Crippen LogP contribution in [0.2, 0.25) is 0 Å². The van der Waals surface area contributed by atoms with Crippen LogP contribution in [0.5, 0.6) is 0 Å². The Balaban J connectivity index is 1.98. The molecule has 0 saturated carbocycles. The SMILES string of the molecule is CN(CC1CCCCN1)c1ccnc(C#N)c1. The Labute approximate surface area is 102 Å². The highest BCUT2D eigenvalue weighted by Crippen LogP contribution is 2.15. The molecule has 17 heavy (non-hydrogen) atoms. The number of hydrogen-bond acceptors (Lipinski definition) is 4. The molecule has 1 saturated heterocycles. The molecule has 90 valence electrons. The molecular weight excluding hydrogens is 212 g/mol. The number of aromatic nitrogens is 1. The first kappa shape index (κ1) is 11.9.